The molecule has 2 aromatic heterocycles. The van der Waals surface area contributed by atoms with Crippen LogP contribution in [0.2, 0.25) is 0 Å². The second-order valence-corrected chi connectivity index (χ2v) is 6.39. The molecule has 2 aromatic carbocycles. The maximum Gasteiger partial charge on any atom is 2.00 e. The number of aromatic nitrogens is 2. The van der Waals surface area contributed by atoms with Crippen molar-refractivity contribution in [3.8, 4) is 22.6 Å². The Bertz CT molecular complexity index is 996. The Morgan fingerprint density at radius 2 is 1.14 bits per heavy atom. The summed E-state index contributed by atoms with van der Waals surface area (Å²) in [6, 6.07) is 30.5. The molecule has 28 heavy (non-hydrogen) atoms. The van der Waals surface area contributed by atoms with E-state index in [1.165, 1.54) is 11.1 Å². The summed E-state index contributed by atoms with van der Waals surface area (Å²) in [7, 11) is 0. The van der Waals surface area contributed by atoms with Crippen LogP contribution in [-0.2, 0) is 16.5 Å². The van der Waals surface area contributed by atoms with E-state index in [4.69, 9.17) is 0 Å². The first-order valence-electron chi connectivity index (χ1n) is 8.95. The van der Waals surface area contributed by atoms with Crippen molar-refractivity contribution >= 4 is 0 Å². The molecule has 3 heteroatoms. The maximum absolute atomic E-state index is 4.66. The van der Waals surface area contributed by atoms with Gasteiger partial charge in [0.1, 0.15) is 0 Å². The van der Waals surface area contributed by atoms with Crippen molar-refractivity contribution in [2.75, 3.05) is 0 Å². The summed E-state index contributed by atoms with van der Waals surface area (Å²) in [4.78, 5) is 8.99. The summed E-state index contributed by atoms with van der Waals surface area (Å²) in [5.41, 5.74) is 7.24. The molecule has 2 heterocycles. The predicted molar refractivity (Wildman–Crippen MR) is 111 cm³/mol. The van der Waals surface area contributed by atoms with Gasteiger partial charge in [-0.1, -0.05) is 39.0 Å². The molecule has 4 aromatic rings. The van der Waals surface area contributed by atoms with E-state index in [2.05, 4.69) is 22.1 Å². The van der Waals surface area contributed by atoms with Crippen LogP contribution in [0.25, 0.3) is 22.6 Å². The molecule has 0 atom stereocenters. The molecule has 0 saturated heterocycles. The summed E-state index contributed by atoms with van der Waals surface area (Å²) in [6.07, 6.45) is 1.78. The predicted octanol–water partition coefficient (Wildman–Crippen LogP) is 6.02. The molecule has 0 aliphatic rings. The fourth-order valence-electron chi connectivity index (χ4n) is 2.71. The molecular weight excluding hydrogens is 387 g/mol. The third-order valence-electron chi connectivity index (χ3n) is 3.98. The van der Waals surface area contributed by atoms with Crippen molar-refractivity contribution in [3.63, 3.8) is 0 Å². The standard InChI is InChI=1S/C17H13N2.C8H9.Ni/c1-13-6-4-7-14(12-13)15-9-5-10-17(19-15)16-8-2-3-11-18-16;1-7-4-3-5-8(2)6-7;/h2-11H,1H3;3-5H,1-2H3;/q2*-1;+2. The van der Waals surface area contributed by atoms with Crippen LogP contribution in [-0.4, -0.2) is 9.97 Å². The van der Waals surface area contributed by atoms with Gasteiger partial charge in [0.2, 0.25) is 0 Å². The molecule has 0 spiro atoms. The maximum atomic E-state index is 4.66. The van der Waals surface area contributed by atoms with Crippen molar-refractivity contribution in [1.82, 2.24) is 9.97 Å². The Balaban J connectivity index is 0.000000264. The first kappa shape index (κ1) is 21.5. The van der Waals surface area contributed by atoms with E-state index in [9.17, 15) is 0 Å². The van der Waals surface area contributed by atoms with Gasteiger partial charge in [-0.25, -0.2) is 0 Å². The molecule has 0 bridgehead atoms. The first-order chi connectivity index (χ1) is 13.1. The number of benzene rings is 2. The molecule has 0 fully saturated rings. The summed E-state index contributed by atoms with van der Waals surface area (Å²) in [5, 5.41) is 0. The first-order valence-corrected chi connectivity index (χ1v) is 8.95. The molecule has 0 unspecified atom stereocenters. The van der Waals surface area contributed by atoms with Crippen molar-refractivity contribution in [1.29, 1.82) is 0 Å². The molecular formula is C25H22N2Ni. The Labute approximate surface area is 177 Å². The van der Waals surface area contributed by atoms with Gasteiger partial charge in [0.25, 0.3) is 0 Å². The molecule has 0 saturated carbocycles. The van der Waals surface area contributed by atoms with Gasteiger partial charge in [-0.2, -0.15) is 35.4 Å². The third kappa shape index (κ3) is 6.14. The molecule has 0 amide bonds. The van der Waals surface area contributed by atoms with Gasteiger partial charge < -0.3 is 0 Å². The molecule has 0 radical (unpaired) electrons. The molecule has 0 aliphatic carbocycles. The second-order valence-electron chi connectivity index (χ2n) is 6.39. The van der Waals surface area contributed by atoms with Crippen LogP contribution < -0.4 is 0 Å². The number of nitrogens with zero attached hydrogens (tertiary/aromatic N) is 2. The fraction of sp³-hybridized carbons (Fsp3) is 0.120. The van der Waals surface area contributed by atoms with E-state index in [1.54, 1.807) is 6.20 Å². The number of pyridine rings is 2. The smallest absolute Gasteiger partial charge is 0.295 e. The van der Waals surface area contributed by atoms with E-state index in [0.29, 0.717) is 0 Å². The average Bonchev–Trinajstić information content (AvgIpc) is 2.69. The van der Waals surface area contributed by atoms with Crippen LogP contribution in [0.4, 0.5) is 0 Å². The third-order valence-corrected chi connectivity index (χ3v) is 3.98. The normalized spacial score (nSPS) is 9.68. The van der Waals surface area contributed by atoms with E-state index in [1.807, 2.05) is 93.6 Å². The molecule has 4 rings (SSSR count). The molecule has 0 aliphatic heterocycles. The van der Waals surface area contributed by atoms with Gasteiger partial charge >= 0.3 is 16.5 Å². The van der Waals surface area contributed by atoms with Crippen LogP contribution >= 0.6 is 0 Å². The molecule has 142 valence electrons. The Hall–Kier alpha value is -2.77. The SMILES string of the molecule is Cc1[c-]c(-c2cccc(-c3ccccn3)n2)ccc1.Cc1[c-]c(C)ccc1.[Ni+2]. The number of hydrogen-bond acceptors (Lipinski definition) is 2. The van der Waals surface area contributed by atoms with Crippen molar-refractivity contribution < 1.29 is 16.5 Å². The van der Waals surface area contributed by atoms with Gasteiger partial charge in [0.15, 0.2) is 0 Å². The Morgan fingerprint density at radius 1 is 0.571 bits per heavy atom. The minimum Gasteiger partial charge on any atom is -0.295 e. The quantitative estimate of drug-likeness (QED) is 0.299. The summed E-state index contributed by atoms with van der Waals surface area (Å²) in [6.45, 7) is 6.13. The van der Waals surface area contributed by atoms with E-state index in [-0.39, 0.29) is 16.5 Å². The van der Waals surface area contributed by atoms with Crippen LogP contribution in [0.3, 0.4) is 0 Å². The zero-order valence-electron chi connectivity index (χ0n) is 16.2. The van der Waals surface area contributed by atoms with Crippen molar-refractivity contribution in [3.05, 3.63) is 108 Å². The average molecular weight is 409 g/mol. The number of rotatable bonds is 2. The zero-order chi connectivity index (χ0) is 19.1. The molecule has 0 N–H and O–H groups in total. The van der Waals surface area contributed by atoms with Gasteiger partial charge in [-0.05, 0) is 23.9 Å². The van der Waals surface area contributed by atoms with Gasteiger partial charge in [0.05, 0.1) is 11.4 Å². The van der Waals surface area contributed by atoms with Crippen LogP contribution in [0.5, 0.6) is 0 Å². The van der Waals surface area contributed by atoms with Crippen molar-refractivity contribution in [2.45, 2.75) is 20.8 Å². The van der Waals surface area contributed by atoms with Crippen LogP contribution in [0, 0.1) is 32.9 Å². The van der Waals surface area contributed by atoms with Gasteiger partial charge in [-0.15, -0.1) is 35.4 Å². The van der Waals surface area contributed by atoms with Gasteiger partial charge in [-0.3, -0.25) is 9.97 Å². The Morgan fingerprint density at radius 3 is 1.71 bits per heavy atom. The number of hydrogen-bond donors (Lipinski definition) is 0. The van der Waals surface area contributed by atoms with E-state index >= 15 is 0 Å². The summed E-state index contributed by atoms with van der Waals surface area (Å²) < 4.78 is 0. The zero-order valence-corrected chi connectivity index (χ0v) is 17.2. The van der Waals surface area contributed by atoms with Crippen molar-refractivity contribution in [2.24, 2.45) is 0 Å². The topological polar surface area (TPSA) is 25.8 Å². The summed E-state index contributed by atoms with van der Waals surface area (Å²) in [5.74, 6) is 0. The summed E-state index contributed by atoms with van der Waals surface area (Å²) >= 11 is 0. The largest absolute Gasteiger partial charge is 2.00 e. The van der Waals surface area contributed by atoms with Crippen LogP contribution in [0.1, 0.15) is 16.7 Å². The minimum absolute atomic E-state index is 0. The van der Waals surface area contributed by atoms with E-state index < -0.39 is 0 Å². The van der Waals surface area contributed by atoms with Crippen LogP contribution in [0.15, 0.2) is 79.0 Å². The molecule has 2 nitrogen and oxygen atoms in total. The minimum atomic E-state index is 0. The monoisotopic (exact) mass is 408 g/mol. The van der Waals surface area contributed by atoms with E-state index in [0.717, 1.165) is 28.2 Å². The van der Waals surface area contributed by atoms with Gasteiger partial charge in [0, 0.05) is 6.20 Å². The fourth-order valence-corrected chi connectivity index (χ4v) is 2.71. The second kappa shape index (κ2) is 10.5. The number of aryl methyl sites for hydroxylation is 3. The Kier molecular flexibility index (Phi) is 8.10.